The van der Waals surface area contributed by atoms with Crippen LogP contribution in [0.5, 0.6) is 11.5 Å². The molecule has 1 unspecified atom stereocenters. The number of carbonyl (C=O) groups is 2. The number of fused-ring (bicyclic) bond motifs is 1. The Morgan fingerprint density at radius 2 is 1.86 bits per heavy atom. The van der Waals surface area contributed by atoms with Crippen molar-refractivity contribution in [1.82, 2.24) is 0 Å². The van der Waals surface area contributed by atoms with Gasteiger partial charge in [-0.1, -0.05) is 12.1 Å². The Balaban J connectivity index is 1.63. The van der Waals surface area contributed by atoms with Crippen LogP contribution in [0, 0.1) is 5.82 Å². The predicted octanol–water partition coefficient (Wildman–Crippen LogP) is 4.08. The standard InChI is InChI=1S/C22H18FNO4/c23-14-3-1-4-15(10-14)24-17-5-2-6-18(25)22(17)16(11-21(24)26)13-7-8-19-20(9-13)28-12-27-19/h1,3-4,7-10,16H,2,5-6,11-12H2. The second kappa shape index (κ2) is 6.48. The van der Waals surface area contributed by atoms with E-state index in [1.54, 1.807) is 12.1 Å². The van der Waals surface area contributed by atoms with Crippen molar-refractivity contribution in [3.63, 3.8) is 0 Å². The highest BCUT2D eigenvalue weighted by molar-refractivity contribution is 6.07. The van der Waals surface area contributed by atoms with Crippen molar-refractivity contribution in [3.8, 4) is 11.5 Å². The zero-order valence-corrected chi connectivity index (χ0v) is 15.1. The number of anilines is 1. The molecule has 1 amide bonds. The zero-order valence-electron chi connectivity index (χ0n) is 15.1. The average molecular weight is 379 g/mol. The van der Waals surface area contributed by atoms with Crippen LogP contribution in [-0.2, 0) is 9.59 Å². The number of nitrogens with zero attached hydrogens (tertiary/aromatic N) is 1. The lowest BCUT2D eigenvalue weighted by atomic mass is 9.77. The van der Waals surface area contributed by atoms with Crippen LogP contribution >= 0.6 is 0 Å². The van der Waals surface area contributed by atoms with Gasteiger partial charge < -0.3 is 9.47 Å². The number of Topliss-reactive ketones (excluding diaryl/α,β-unsaturated/α-hetero) is 1. The lowest BCUT2D eigenvalue weighted by Gasteiger charge is -2.38. The highest BCUT2D eigenvalue weighted by Crippen LogP contribution is 2.45. The summed E-state index contributed by atoms with van der Waals surface area (Å²) in [5.74, 6) is 0.473. The highest BCUT2D eigenvalue weighted by Gasteiger charge is 2.40. The molecule has 6 heteroatoms. The van der Waals surface area contributed by atoms with Gasteiger partial charge in [0.1, 0.15) is 5.82 Å². The molecule has 2 heterocycles. The molecule has 0 saturated carbocycles. The van der Waals surface area contributed by atoms with Gasteiger partial charge in [-0.3, -0.25) is 14.5 Å². The molecule has 1 atom stereocenters. The van der Waals surface area contributed by atoms with E-state index in [0.717, 1.165) is 5.56 Å². The van der Waals surface area contributed by atoms with E-state index in [2.05, 4.69) is 0 Å². The van der Waals surface area contributed by atoms with E-state index in [0.29, 0.717) is 47.7 Å². The molecule has 0 fully saturated rings. The van der Waals surface area contributed by atoms with E-state index in [1.807, 2.05) is 18.2 Å². The van der Waals surface area contributed by atoms with Crippen molar-refractivity contribution in [2.24, 2.45) is 0 Å². The number of rotatable bonds is 2. The van der Waals surface area contributed by atoms with E-state index in [1.165, 1.54) is 17.0 Å². The summed E-state index contributed by atoms with van der Waals surface area (Å²) in [5, 5.41) is 0. The second-order valence-corrected chi connectivity index (χ2v) is 7.22. The molecule has 0 spiro atoms. The zero-order chi connectivity index (χ0) is 19.3. The maximum atomic E-state index is 13.8. The van der Waals surface area contributed by atoms with Gasteiger partial charge in [0.15, 0.2) is 17.3 Å². The molecule has 0 saturated heterocycles. The van der Waals surface area contributed by atoms with Crippen molar-refractivity contribution in [2.75, 3.05) is 11.7 Å². The fraction of sp³-hybridized carbons (Fsp3) is 0.273. The van der Waals surface area contributed by atoms with Gasteiger partial charge in [-0.2, -0.15) is 0 Å². The Kier molecular flexibility index (Phi) is 3.93. The van der Waals surface area contributed by atoms with Gasteiger partial charge in [0.25, 0.3) is 0 Å². The minimum atomic E-state index is -0.410. The van der Waals surface area contributed by atoms with E-state index >= 15 is 0 Å². The van der Waals surface area contributed by atoms with Crippen LogP contribution in [0.4, 0.5) is 10.1 Å². The monoisotopic (exact) mass is 379 g/mol. The van der Waals surface area contributed by atoms with Crippen LogP contribution in [0.3, 0.4) is 0 Å². The molecule has 3 aliphatic rings. The third kappa shape index (κ3) is 2.68. The summed E-state index contributed by atoms with van der Waals surface area (Å²) >= 11 is 0. The third-order valence-corrected chi connectivity index (χ3v) is 5.54. The minimum absolute atomic E-state index is 0.0535. The summed E-state index contributed by atoms with van der Waals surface area (Å²) < 4.78 is 24.6. The summed E-state index contributed by atoms with van der Waals surface area (Å²) in [4.78, 5) is 27.5. The van der Waals surface area contributed by atoms with Crippen molar-refractivity contribution in [2.45, 2.75) is 31.6 Å². The number of amides is 1. The maximum Gasteiger partial charge on any atom is 0.232 e. The first-order chi connectivity index (χ1) is 13.6. The number of hydrogen-bond donors (Lipinski definition) is 0. The number of halogens is 1. The van der Waals surface area contributed by atoms with Gasteiger partial charge in [0, 0.05) is 30.0 Å². The Bertz CT molecular complexity index is 1030. The van der Waals surface area contributed by atoms with Gasteiger partial charge in [0.2, 0.25) is 12.7 Å². The molecule has 0 bridgehead atoms. The lowest BCUT2D eigenvalue weighted by Crippen LogP contribution is -2.40. The Labute approximate surface area is 161 Å². The van der Waals surface area contributed by atoms with E-state index in [4.69, 9.17) is 9.47 Å². The molecule has 0 radical (unpaired) electrons. The molecule has 1 aliphatic carbocycles. The highest BCUT2D eigenvalue weighted by atomic mass is 19.1. The molecule has 5 nitrogen and oxygen atoms in total. The smallest absolute Gasteiger partial charge is 0.232 e. The lowest BCUT2D eigenvalue weighted by molar-refractivity contribution is -0.119. The van der Waals surface area contributed by atoms with Crippen LogP contribution < -0.4 is 14.4 Å². The second-order valence-electron chi connectivity index (χ2n) is 7.22. The normalized spacial score (nSPS) is 21.2. The summed E-state index contributed by atoms with van der Waals surface area (Å²) in [6.45, 7) is 0.169. The first-order valence-corrected chi connectivity index (χ1v) is 9.36. The number of allylic oxidation sites excluding steroid dienone is 2. The molecule has 0 aromatic heterocycles. The molecule has 5 rings (SSSR count). The molecule has 0 N–H and O–H groups in total. The first kappa shape index (κ1) is 17.0. The predicted molar refractivity (Wildman–Crippen MR) is 99.7 cm³/mol. The van der Waals surface area contributed by atoms with Gasteiger partial charge >= 0.3 is 0 Å². The fourth-order valence-electron chi connectivity index (χ4n) is 4.32. The van der Waals surface area contributed by atoms with Crippen molar-refractivity contribution in [1.29, 1.82) is 0 Å². The number of benzene rings is 2. The summed E-state index contributed by atoms with van der Waals surface area (Å²) in [6, 6.07) is 11.5. The van der Waals surface area contributed by atoms with Crippen LogP contribution in [0.1, 0.15) is 37.2 Å². The molecule has 2 aromatic rings. The molecule has 2 aromatic carbocycles. The number of carbonyl (C=O) groups excluding carboxylic acids is 2. The summed E-state index contributed by atoms with van der Waals surface area (Å²) in [7, 11) is 0. The van der Waals surface area contributed by atoms with Crippen molar-refractivity contribution < 1.29 is 23.5 Å². The number of ketones is 1. The SMILES string of the molecule is O=C1CCCC2=C1C(c1ccc3c(c1)OCO3)CC(=O)N2c1cccc(F)c1. The van der Waals surface area contributed by atoms with Gasteiger partial charge in [-0.25, -0.2) is 4.39 Å². The van der Waals surface area contributed by atoms with Gasteiger partial charge in [0.05, 0.1) is 5.69 Å². The molecular weight excluding hydrogens is 361 g/mol. The Morgan fingerprint density at radius 1 is 1.00 bits per heavy atom. The van der Waals surface area contributed by atoms with Crippen LogP contribution in [-0.4, -0.2) is 18.5 Å². The topological polar surface area (TPSA) is 55.8 Å². The molecular formula is C22H18FNO4. The molecule has 2 aliphatic heterocycles. The molecule has 28 heavy (non-hydrogen) atoms. The van der Waals surface area contributed by atoms with Crippen LogP contribution in [0.2, 0.25) is 0 Å². The summed E-state index contributed by atoms with van der Waals surface area (Å²) in [5.41, 5.74) is 2.69. The van der Waals surface area contributed by atoms with E-state index in [9.17, 15) is 14.0 Å². The van der Waals surface area contributed by atoms with Crippen LogP contribution in [0.15, 0.2) is 53.7 Å². The average Bonchev–Trinajstić information content (AvgIpc) is 3.15. The Hall–Kier alpha value is -3.15. The number of hydrogen-bond acceptors (Lipinski definition) is 4. The van der Waals surface area contributed by atoms with Crippen LogP contribution in [0.25, 0.3) is 0 Å². The summed E-state index contributed by atoms with van der Waals surface area (Å²) in [6.07, 6.45) is 1.92. The third-order valence-electron chi connectivity index (χ3n) is 5.54. The largest absolute Gasteiger partial charge is 0.454 e. The minimum Gasteiger partial charge on any atom is -0.454 e. The van der Waals surface area contributed by atoms with Crippen molar-refractivity contribution >= 4 is 17.4 Å². The van der Waals surface area contributed by atoms with Crippen molar-refractivity contribution in [3.05, 3.63) is 65.1 Å². The molecule has 142 valence electrons. The van der Waals surface area contributed by atoms with Gasteiger partial charge in [-0.15, -0.1) is 0 Å². The quantitative estimate of drug-likeness (QED) is 0.789. The first-order valence-electron chi connectivity index (χ1n) is 9.36. The van der Waals surface area contributed by atoms with E-state index < -0.39 is 5.82 Å². The van der Waals surface area contributed by atoms with Gasteiger partial charge in [-0.05, 0) is 48.7 Å². The van der Waals surface area contributed by atoms with E-state index in [-0.39, 0.29) is 30.8 Å². The maximum absolute atomic E-state index is 13.8. The number of ether oxygens (including phenoxy) is 2. The Morgan fingerprint density at radius 3 is 2.71 bits per heavy atom. The fourth-order valence-corrected chi connectivity index (χ4v) is 4.32.